The summed E-state index contributed by atoms with van der Waals surface area (Å²) in [7, 11) is 0. The quantitative estimate of drug-likeness (QED) is 0.266. The summed E-state index contributed by atoms with van der Waals surface area (Å²) in [6.07, 6.45) is 9.49. The Kier molecular flexibility index (Phi) is 11.9. The van der Waals surface area contributed by atoms with Gasteiger partial charge in [0.05, 0.1) is 5.35 Å². The highest BCUT2D eigenvalue weighted by atomic mass is 19.4. The first-order chi connectivity index (χ1) is 17.7. The number of rotatable bonds is 11. The Morgan fingerprint density at radius 3 is 2.30 bits per heavy atom. The molecule has 1 aromatic carbocycles. The van der Waals surface area contributed by atoms with Gasteiger partial charge in [-0.05, 0) is 61.6 Å². The first-order valence-corrected chi connectivity index (χ1v) is 12.4. The lowest BCUT2D eigenvalue weighted by Crippen LogP contribution is -2.33. The zero-order valence-corrected chi connectivity index (χ0v) is 21.7. The van der Waals surface area contributed by atoms with Crippen LogP contribution in [0.5, 0.6) is 0 Å². The molecule has 0 aliphatic heterocycles. The largest absolute Gasteiger partial charge is 0.433 e. The fraction of sp³-hybridized carbons (Fsp3) is 0.345. The molecule has 8 heteroatoms. The van der Waals surface area contributed by atoms with Crippen molar-refractivity contribution in [3.8, 4) is 0 Å². The minimum atomic E-state index is -4.51. The van der Waals surface area contributed by atoms with Gasteiger partial charge in [0, 0.05) is 18.0 Å². The van der Waals surface area contributed by atoms with Crippen LogP contribution in [0.1, 0.15) is 58.9 Å². The SMILES string of the molecule is C\C=C(/C=N/C(=C/CCC)C(F)(F)F)CNc1ncnc(=C\CCC)/c1=C\C(=C/C)c1ccc(F)cc1. The fourth-order valence-corrected chi connectivity index (χ4v) is 3.35. The summed E-state index contributed by atoms with van der Waals surface area (Å²) in [5.41, 5.74) is 1.35. The molecule has 0 atom stereocenters. The van der Waals surface area contributed by atoms with Crippen molar-refractivity contribution in [1.29, 1.82) is 0 Å². The Morgan fingerprint density at radius 2 is 1.70 bits per heavy atom. The van der Waals surface area contributed by atoms with Crippen molar-refractivity contribution in [3.05, 3.63) is 82.0 Å². The fourth-order valence-electron chi connectivity index (χ4n) is 3.35. The summed E-state index contributed by atoms with van der Waals surface area (Å²) in [5.74, 6) is 0.212. The van der Waals surface area contributed by atoms with Crippen LogP contribution < -0.4 is 15.9 Å². The molecule has 0 bridgehead atoms. The van der Waals surface area contributed by atoms with E-state index in [1.807, 2.05) is 32.1 Å². The summed E-state index contributed by atoms with van der Waals surface area (Å²) in [6.45, 7) is 7.73. The van der Waals surface area contributed by atoms with Crippen molar-refractivity contribution in [2.24, 2.45) is 4.99 Å². The van der Waals surface area contributed by atoms with Gasteiger partial charge >= 0.3 is 6.18 Å². The maximum absolute atomic E-state index is 13.5. The van der Waals surface area contributed by atoms with E-state index in [1.54, 1.807) is 25.1 Å². The van der Waals surface area contributed by atoms with Gasteiger partial charge in [-0.3, -0.25) is 4.99 Å². The van der Waals surface area contributed by atoms with Gasteiger partial charge in [0.15, 0.2) is 0 Å². The Bertz CT molecular complexity index is 1250. The smallest absolute Gasteiger partial charge is 0.365 e. The highest BCUT2D eigenvalue weighted by Gasteiger charge is 2.33. The molecule has 0 amide bonds. The van der Waals surface area contributed by atoms with E-state index in [0.29, 0.717) is 24.2 Å². The van der Waals surface area contributed by atoms with E-state index >= 15 is 0 Å². The van der Waals surface area contributed by atoms with Crippen LogP contribution in [-0.4, -0.2) is 28.9 Å². The minimum absolute atomic E-state index is 0.214. The van der Waals surface area contributed by atoms with Crippen molar-refractivity contribution < 1.29 is 17.6 Å². The lowest BCUT2D eigenvalue weighted by molar-refractivity contribution is -0.0925. The van der Waals surface area contributed by atoms with Gasteiger partial charge in [-0.25, -0.2) is 14.4 Å². The zero-order chi connectivity index (χ0) is 27.3. The lowest BCUT2D eigenvalue weighted by Gasteiger charge is -2.10. The predicted molar refractivity (Wildman–Crippen MR) is 145 cm³/mol. The number of allylic oxidation sites excluding steroid dienone is 5. The molecule has 2 aromatic rings. The second kappa shape index (κ2) is 14.9. The average Bonchev–Trinajstić information content (AvgIpc) is 2.88. The van der Waals surface area contributed by atoms with E-state index in [2.05, 4.69) is 27.2 Å². The highest BCUT2D eigenvalue weighted by molar-refractivity contribution is 5.89. The number of nitrogens with one attached hydrogen (secondary N) is 1. The number of hydrogen-bond donors (Lipinski definition) is 1. The lowest BCUT2D eigenvalue weighted by atomic mass is 10.0. The standard InChI is InChI=1S/C29H34F4N4/c1-5-9-11-26-25(17-22(8-4)23-13-15-24(30)16-14-23)28(37-20-36-26)35-19-21(7-3)18-34-27(12-10-6-2)29(31,32)33/h7-8,11-18,20H,5-6,9-10,19H2,1-4H3,(H,35,36,37)/b21-7+,22-8+,25-17+,26-11-,27-12+,34-18+. The average molecular weight is 515 g/mol. The maximum atomic E-state index is 13.5. The minimum Gasteiger partial charge on any atom is -0.365 e. The summed E-state index contributed by atoms with van der Waals surface area (Å²) >= 11 is 0. The molecule has 0 fully saturated rings. The van der Waals surface area contributed by atoms with Crippen molar-refractivity contribution in [2.45, 2.75) is 59.6 Å². The first kappa shape index (κ1) is 29.7. The normalized spacial score (nSPS) is 14.6. The molecule has 1 heterocycles. The topological polar surface area (TPSA) is 50.2 Å². The number of aliphatic imine (C=N–C) groups is 1. The number of aromatic nitrogens is 2. The van der Waals surface area contributed by atoms with Crippen LogP contribution >= 0.6 is 0 Å². The number of hydrogen-bond acceptors (Lipinski definition) is 4. The number of alkyl halides is 3. The van der Waals surface area contributed by atoms with E-state index in [9.17, 15) is 17.6 Å². The van der Waals surface area contributed by atoms with Crippen LogP contribution in [-0.2, 0) is 0 Å². The summed E-state index contributed by atoms with van der Waals surface area (Å²) in [4.78, 5) is 12.6. The third kappa shape index (κ3) is 9.44. The third-order valence-electron chi connectivity index (χ3n) is 5.45. The molecular formula is C29H34F4N4. The number of halogens is 4. The van der Waals surface area contributed by atoms with Crippen molar-refractivity contribution in [1.82, 2.24) is 9.97 Å². The van der Waals surface area contributed by atoms with Crippen LogP contribution in [0.25, 0.3) is 17.7 Å². The van der Waals surface area contributed by atoms with Crippen LogP contribution in [0, 0.1) is 5.82 Å². The Labute approximate surface area is 216 Å². The van der Waals surface area contributed by atoms with Gasteiger partial charge in [-0.2, -0.15) is 13.2 Å². The number of anilines is 1. The van der Waals surface area contributed by atoms with Gasteiger partial charge < -0.3 is 5.32 Å². The third-order valence-corrected chi connectivity index (χ3v) is 5.45. The molecule has 0 radical (unpaired) electrons. The van der Waals surface area contributed by atoms with Crippen molar-refractivity contribution in [3.63, 3.8) is 0 Å². The molecule has 4 nitrogen and oxygen atoms in total. The van der Waals surface area contributed by atoms with Gasteiger partial charge in [-0.1, -0.05) is 63.1 Å². The highest BCUT2D eigenvalue weighted by Crippen LogP contribution is 2.27. The number of unbranched alkanes of at least 4 members (excludes halogenated alkanes) is 2. The van der Waals surface area contributed by atoms with E-state index in [4.69, 9.17) is 0 Å². The summed E-state index contributed by atoms with van der Waals surface area (Å²) in [6, 6.07) is 6.21. The Hall–Kier alpha value is -3.55. The summed E-state index contributed by atoms with van der Waals surface area (Å²) in [5, 5.41) is 4.70. The Morgan fingerprint density at radius 1 is 1.00 bits per heavy atom. The van der Waals surface area contributed by atoms with E-state index in [0.717, 1.165) is 40.6 Å². The molecular weight excluding hydrogens is 480 g/mol. The number of nitrogens with zero attached hydrogens (tertiary/aromatic N) is 3. The molecule has 1 N–H and O–H groups in total. The molecule has 198 valence electrons. The molecule has 0 aliphatic carbocycles. The molecule has 2 rings (SSSR count). The molecule has 0 spiro atoms. The van der Waals surface area contributed by atoms with Crippen molar-refractivity contribution in [2.75, 3.05) is 11.9 Å². The second-order valence-electron chi connectivity index (χ2n) is 8.26. The van der Waals surface area contributed by atoms with E-state index < -0.39 is 11.9 Å². The van der Waals surface area contributed by atoms with Crippen LogP contribution in [0.15, 0.2) is 65.1 Å². The monoisotopic (exact) mass is 514 g/mol. The van der Waals surface area contributed by atoms with Gasteiger partial charge in [0.2, 0.25) is 0 Å². The Balaban J connectivity index is 2.44. The van der Waals surface area contributed by atoms with Crippen LogP contribution in [0.4, 0.5) is 23.4 Å². The van der Waals surface area contributed by atoms with E-state index in [-0.39, 0.29) is 12.4 Å². The van der Waals surface area contributed by atoms with Crippen molar-refractivity contribution >= 4 is 29.8 Å². The molecule has 0 unspecified atom stereocenters. The zero-order valence-electron chi connectivity index (χ0n) is 21.7. The van der Waals surface area contributed by atoms with Crippen LogP contribution in [0.3, 0.4) is 0 Å². The molecule has 0 saturated carbocycles. The van der Waals surface area contributed by atoms with Gasteiger partial charge in [-0.15, -0.1) is 0 Å². The van der Waals surface area contributed by atoms with Gasteiger partial charge in [0.25, 0.3) is 0 Å². The maximum Gasteiger partial charge on any atom is 0.433 e. The number of benzene rings is 1. The molecule has 0 saturated heterocycles. The van der Waals surface area contributed by atoms with Gasteiger partial charge in [0.1, 0.15) is 23.7 Å². The first-order valence-electron chi connectivity index (χ1n) is 12.4. The molecule has 0 aliphatic rings. The van der Waals surface area contributed by atoms with E-state index in [1.165, 1.54) is 24.7 Å². The second-order valence-corrected chi connectivity index (χ2v) is 8.26. The summed E-state index contributed by atoms with van der Waals surface area (Å²) < 4.78 is 53.3. The molecule has 37 heavy (non-hydrogen) atoms. The molecule has 1 aromatic heterocycles. The predicted octanol–water partition coefficient (Wildman–Crippen LogP) is 6.76. The van der Waals surface area contributed by atoms with Crippen LogP contribution in [0.2, 0.25) is 0 Å².